The minimum absolute atomic E-state index is 0.0844. The summed E-state index contributed by atoms with van der Waals surface area (Å²) in [4.78, 5) is 32.7. The van der Waals surface area contributed by atoms with Crippen molar-refractivity contribution < 1.29 is 4.79 Å². The summed E-state index contributed by atoms with van der Waals surface area (Å²) in [7, 11) is 0. The van der Waals surface area contributed by atoms with Gasteiger partial charge in [0.15, 0.2) is 0 Å². The zero-order chi connectivity index (χ0) is 13.9. The van der Waals surface area contributed by atoms with Crippen molar-refractivity contribution >= 4 is 17.2 Å². The Morgan fingerprint density at radius 3 is 3.10 bits per heavy atom. The van der Waals surface area contributed by atoms with Crippen LogP contribution < -0.4 is 5.69 Å². The van der Waals surface area contributed by atoms with Crippen LogP contribution in [0.3, 0.4) is 0 Å². The summed E-state index contributed by atoms with van der Waals surface area (Å²) in [5.74, 6) is 0.268. The first kappa shape index (κ1) is 13.1. The number of aromatic amines is 1. The maximum atomic E-state index is 12.4. The van der Waals surface area contributed by atoms with Crippen molar-refractivity contribution in [3.8, 4) is 0 Å². The van der Waals surface area contributed by atoms with Crippen molar-refractivity contribution in [2.75, 3.05) is 13.1 Å². The van der Waals surface area contributed by atoms with Gasteiger partial charge in [-0.1, -0.05) is 6.07 Å². The van der Waals surface area contributed by atoms with Crippen LogP contribution in [0.2, 0.25) is 0 Å². The van der Waals surface area contributed by atoms with Crippen molar-refractivity contribution in [1.82, 2.24) is 14.9 Å². The third-order valence-electron chi connectivity index (χ3n) is 3.58. The van der Waals surface area contributed by atoms with Crippen molar-refractivity contribution in [2.45, 2.75) is 18.8 Å². The number of nitrogens with zero attached hydrogens (tertiary/aromatic N) is 2. The first-order valence-corrected chi connectivity index (χ1v) is 7.50. The van der Waals surface area contributed by atoms with Gasteiger partial charge >= 0.3 is 5.69 Å². The van der Waals surface area contributed by atoms with Crippen molar-refractivity contribution in [3.63, 3.8) is 0 Å². The van der Waals surface area contributed by atoms with E-state index >= 15 is 0 Å². The predicted molar refractivity (Wildman–Crippen MR) is 77.1 cm³/mol. The van der Waals surface area contributed by atoms with Gasteiger partial charge in [-0.05, 0) is 30.4 Å². The summed E-state index contributed by atoms with van der Waals surface area (Å²) in [5.41, 5.74) is 0.540. The van der Waals surface area contributed by atoms with Gasteiger partial charge in [0.05, 0.1) is 4.88 Å². The van der Waals surface area contributed by atoms with Crippen LogP contribution in [-0.2, 0) is 0 Å². The number of nitrogens with one attached hydrogen (secondary N) is 1. The second-order valence-electron chi connectivity index (χ2n) is 4.90. The Bertz CT molecular complexity index is 650. The molecule has 104 valence electrons. The highest BCUT2D eigenvalue weighted by Gasteiger charge is 2.26. The lowest BCUT2D eigenvalue weighted by atomic mass is 9.94. The zero-order valence-electron chi connectivity index (χ0n) is 10.9. The lowest BCUT2D eigenvalue weighted by molar-refractivity contribution is 0.0711. The average Bonchev–Trinajstić information content (AvgIpc) is 3.01. The van der Waals surface area contributed by atoms with E-state index in [1.54, 1.807) is 0 Å². The molecule has 1 aliphatic heterocycles. The fraction of sp³-hybridized carbons (Fsp3) is 0.357. The summed E-state index contributed by atoms with van der Waals surface area (Å²) in [6, 6.07) is 5.57. The van der Waals surface area contributed by atoms with Gasteiger partial charge in [-0.15, -0.1) is 11.3 Å². The average molecular weight is 289 g/mol. The number of carbonyl (C=O) groups is 1. The van der Waals surface area contributed by atoms with E-state index in [-0.39, 0.29) is 17.5 Å². The number of hydrogen-bond acceptors (Lipinski definition) is 4. The van der Waals surface area contributed by atoms with Crippen LogP contribution in [0.25, 0.3) is 0 Å². The zero-order valence-corrected chi connectivity index (χ0v) is 11.7. The minimum Gasteiger partial charge on any atom is -0.337 e. The van der Waals surface area contributed by atoms with Crippen LogP contribution in [-0.4, -0.2) is 33.9 Å². The molecule has 1 atom stereocenters. The molecular formula is C14H15N3O2S. The maximum absolute atomic E-state index is 12.4. The van der Waals surface area contributed by atoms with E-state index in [9.17, 15) is 9.59 Å². The van der Waals surface area contributed by atoms with Gasteiger partial charge in [-0.3, -0.25) is 4.79 Å². The van der Waals surface area contributed by atoms with Gasteiger partial charge in [0.25, 0.3) is 5.91 Å². The fourth-order valence-corrected chi connectivity index (χ4v) is 3.28. The number of piperidine rings is 1. The van der Waals surface area contributed by atoms with Gasteiger partial charge in [-0.25, -0.2) is 9.78 Å². The van der Waals surface area contributed by atoms with Crippen LogP contribution in [0.5, 0.6) is 0 Å². The van der Waals surface area contributed by atoms with Crippen LogP contribution >= 0.6 is 11.3 Å². The van der Waals surface area contributed by atoms with E-state index in [2.05, 4.69) is 9.97 Å². The molecule has 2 aromatic heterocycles. The van der Waals surface area contributed by atoms with Crippen molar-refractivity contribution in [1.29, 1.82) is 0 Å². The second-order valence-corrected chi connectivity index (χ2v) is 5.85. The van der Waals surface area contributed by atoms with Crippen LogP contribution in [0.15, 0.2) is 34.6 Å². The van der Waals surface area contributed by atoms with Gasteiger partial charge in [0, 0.05) is 30.9 Å². The highest BCUT2D eigenvalue weighted by Crippen LogP contribution is 2.26. The smallest absolute Gasteiger partial charge is 0.337 e. The number of thiophene rings is 1. The number of likely N-dealkylation sites (tertiary alicyclic amines) is 1. The van der Waals surface area contributed by atoms with Crippen LogP contribution in [0.1, 0.15) is 34.1 Å². The molecule has 1 saturated heterocycles. The van der Waals surface area contributed by atoms with Crippen LogP contribution in [0.4, 0.5) is 0 Å². The maximum Gasteiger partial charge on any atom is 0.345 e. The van der Waals surface area contributed by atoms with E-state index < -0.39 is 0 Å². The number of carbonyl (C=O) groups excluding carboxylic acids is 1. The van der Waals surface area contributed by atoms with Gasteiger partial charge in [0.2, 0.25) is 0 Å². The standard InChI is InChI=1S/C14H15N3O2S/c18-13(12-4-2-8-20-12)17-7-1-3-10(9-17)11-5-6-15-14(19)16-11/h2,4-6,8,10H,1,3,7,9H2,(H,15,16,19)/t10-/m0/s1. The van der Waals surface area contributed by atoms with Gasteiger partial charge < -0.3 is 9.88 Å². The van der Waals surface area contributed by atoms with Crippen molar-refractivity contribution in [2.24, 2.45) is 0 Å². The summed E-state index contributed by atoms with van der Waals surface area (Å²) in [5, 5.41) is 1.91. The Morgan fingerprint density at radius 1 is 1.45 bits per heavy atom. The predicted octanol–water partition coefficient (Wildman–Crippen LogP) is 1.85. The summed E-state index contributed by atoms with van der Waals surface area (Å²) in [6.45, 7) is 1.43. The molecule has 1 fully saturated rings. The molecule has 20 heavy (non-hydrogen) atoms. The summed E-state index contributed by atoms with van der Waals surface area (Å²) >= 11 is 1.47. The third-order valence-corrected chi connectivity index (χ3v) is 4.44. The molecule has 0 aliphatic carbocycles. The Morgan fingerprint density at radius 2 is 2.35 bits per heavy atom. The Balaban J connectivity index is 1.77. The fourth-order valence-electron chi connectivity index (χ4n) is 2.59. The molecular weight excluding hydrogens is 274 g/mol. The Labute approximate surface area is 120 Å². The van der Waals surface area contributed by atoms with E-state index in [0.29, 0.717) is 6.54 Å². The molecule has 5 nitrogen and oxygen atoms in total. The molecule has 1 amide bonds. The highest BCUT2D eigenvalue weighted by molar-refractivity contribution is 7.12. The topological polar surface area (TPSA) is 66.1 Å². The number of H-pyrrole nitrogens is 1. The first-order chi connectivity index (χ1) is 9.74. The molecule has 0 unspecified atom stereocenters. The Hall–Kier alpha value is -1.95. The molecule has 1 N–H and O–H groups in total. The highest BCUT2D eigenvalue weighted by atomic mass is 32.1. The molecule has 0 bridgehead atoms. The van der Waals surface area contributed by atoms with Crippen molar-refractivity contribution in [3.05, 3.63) is 50.8 Å². The first-order valence-electron chi connectivity index (χ1n) is 6.62. The molecule has 6 heteroatoms. The molecule has 0 radical (unpaired) electrons. The Kier molecular flexibility index (Phi) is 3.64. The lowest BCUT2D eigenvalue weighted by Crippen LogP contribution is -2.39. The summed E-state index contributed by atoms with van der Waals surface area (Å²) in [6.07, 6.45) is 3.45. The molecule has 3 rings (SSSR count). The van der Waals surface area contributed by atoms with E-state index in [4.69, 9.17) is 0 Å². The third kappa shape index (κ3) is 2.65. The number of aromatic nitrogens is 2. The minimum atomic E-state index is -0.329. The largest absolute Gasteiger partial charge is 0.345 e. The van der Waals surface area contributed by atoms with E-state index in [0.717, 1.165) is 30.0 Å². The molecule has 0 spiro atoms. The SMILES string of the molecule is O=C(c1cccs1)N1CCC[C@H](c2ccnc(=O)[nH]2)C1. The van der Waals surface area contributed by atoms with Crippen LogP contribution in [0, 0.1) is 0 Å². The molecule has 1 aliphatic rings. The summed E-state index contributed by atoms with van der Waals surface area (Å²) < 4.78 is 0. The number of hydrogen-bond donors (Lipinski definition) is 1. The quantitative estimate of drug-likeness (QED) is 0.917. The normalized spacial score (nSPS) is 19.0. The number of rotatable bonds is 2. The van der Waals surface area contributed by atoms with E-state index in [1.807, 2.05) is 28.5 Å². The lowest BCUT2D eigenvalue weighted by Gasteiger charge is -2.32. The number of amides is 1. The second kappa shape index (κ2) is 5.58. The van der Waals surface area contributed by atoms with E-state index in [1.165, 1.54) is 17.5 Å². The monoisotopic (exact) mass is 289 g/mol. The molecule has 2 aromatic rings. The molecule has 3 heterocycles. The molecule has 0 aromatic carbocycles. The molecule has 0 saturated carbocycles. The van der Waals surface area contributed by atoms with Gasteiger partial charge in [0.1, 0.15) is 0 Å². The van der Waals surface area contributed by atoms with Gasteiger partial charge in [-0.2, -0.15) is 0 Å².